The zero-order valence-corrected chi connectivity index (χ0v) is 13.5. The molecule has 3 rings (SSSR count). The number of benzene rings is 1. The molecule has 8 heteroatoms. The first kappa shape index (κ1) is 16.8. The highest BCUT2D eigenvalue weighted by Crippen LogP contribution is 2.19. The van der Waals surface area contributed by atoms with Gasteiger partial charge in [0.25, 0.3) is 0 Å². The molecule has 0 spiro atoms. The molecule has 0 atom stereocenters. The highest BCUT2D eigenvalue weighted by molar-refractivity contribution is 7.98. The second-order valence-corrected chi connectivity index (χ2v) is 5.71. The van der Waals surface area contributed by atoms with Gasteiger partial charge < -0.3 is 9.15 Å². The Morgan fingerprint density at radius 3 is 2.68 bits per heavy atom. The van der Waals surface area contributed by atoms with Crippen LogP contribution >= 0.6 is 11.8 Å². The van der Waals surface area contributed by atoms with Gasteiger partial charge >= 0.3 is 5.97 Å². The van der Waals surface area contributed by atoms with Gasteiger partial charge in [0.15, 0.2) is 5.16 Å². The standard InChI is InChI=1S/C17H11FN2O4S/c18-13-5-2-1-4-12(13)16(22)24-15-9-23-11(8-14(15)21)10-25-17-19-6-3-7-20-17/h1-9H,10H2. The van der Waals surface area contributed by atoms with E-state index in [1.165, 1.54) is 36.0 Å². The molecule has 0 unspecified atom stereocenters. The first-order chi connectivity index (χ1) is 12.1. The number of rotatable bonds is 5. The summed E-state index contributed by atoms with van der Waals surface area (Å²) in [7, 11) is 0. The van der Waals surface area contributed by atoms with Gasteiger partial charge in [0.1, 0.15) is 17.8 Å². The Balaban J connectivity index is 1.69. The van der Waals surface area contributed by atoms with E-state index in [0.717, 1.165) is 12.3 Å². The normalized spacial score (nSPS) is 10.4. The summed E-state index contributed by atoms with van der Waals surface area (Å²) in [6.45, 7) is 0. The highest BCUT2D eigenvalue weighted by atomic mass is 32.2. The second kappa shape index (κ2) is 7.71. The van der Waals surface area contributed by atoms with Crippen LogP contribution in [0.15, 0.2) is 69.4 Å². The SMILES string of the molecule is O=C(Oc1coc(CSc2ncccn2)cc1=O)c1ccccc1F. The molecule has 6 nitrogen and oxygen atoms in total. The summed E-state index contributed by atoms with van der Waals surface area (Å²) in [6, 6.07) is 8.25. The van der Waals surface area contributed by atoms with Crippen LogP contribution in [0.5, 0.6) is 5.75 Å². The minimum atomic E-state index is -0.967. The monoisotopic (exact) mass is 358 g/mol. The van der Waals surface area contributed by atoms with Gasteiger partial charge in [-0.2, -0.15) is 0 Å². The third-order valence-corrected chi connectivity index (χ3v) is 3.93. The highest BCUT2D eigenvalue weighted by Gasteiger charge is 2.16. The number of thioether (sulfide) groups is 1. The third kappa shape index (κ3) is 4.30. The quantitative estimate of drug-likeness (QED) is 0.394. The number of ether oxygens (including phenoxy) is 1. The Bertz CT molecular complexity index is 947. The maximum absolute atomic E-state index is 13.6. The van der Waals surface area contributed by atoms with E-state index in [2.05, 4.69) is 9.97 Å². The van der Waals surface area contributed by atoms with Crippen LogP contribution in [-0.2, 0) is 5.75 Å². The van der Waals surface area contributed by atoms with E-state index >= 15 is 0 Å². The number of nitrogens with zero attached hydrogens (tertiary/aromatic N) is 2. The van der Waals surface area contributed by atoms with E-state index in [0.29, 0.717) is 16.7 Å². The molecule has 25 heavy (non-hydrogen) atoms. The van der Waals surface area contributed by atoms with Gasteiger partial charge in [0.05, 0.1) is 11.3 Å². The lowest BCUT2D eigenvalue weighted by Crippen LogP contribution is -2.15. The molecule has 0 aliphatic heterocycles. The predicted molar refractivity (Wildman–Crippen MR) is 87.9 cm³/mol. The average molecular weight is 358 g/mol. The van der Waals surface area contributed by atoms with Crippen molar-refractivity contribution in [2.24, 2.45) is 0 Å². The molecule has 0 N–H and O–H groups in total. The fourth-order valence-electron chi connectivity index (χ4n) is 1.87. The van der Waals surface area contributed by atoms with Crippen molar-refractivity contribution in [3.63, 3.8) is 0 Å². The van der Waals surface area contributed by atoms with Crippen LogP contribution in [0.3, 0.4) is 0 Å². The van der Waals surface area contributed by atoms with Gasteiger partial charge in [0, 0.05) is 18.5 Å². The molecule has 0 amide bonds. The lowest BCUT2D eigenvalue weighted by atomic mass is 10.2. The molecule has 0 aliphatic carbocycles. The van der Waals surface area contributed by atoms with E-state index in [4.69, 9.17) is 9.15 Å². The Morgan fingerprint density at radius 1 is 1.20 bits per heavy atom. The summed E-state index contributed by atoms with van der Waals surface area (Å²) in [4.78, 5) is 32.0. The van der Waals surface area contributed by atoms with E-state index in [1.807, 2.05) is 0 Å². The molecule has 2 aromatic heterocycles. The zero-order valence-electron chi connectivity index (χ0n) is 12.7. The zero-order chi connectivity index (χ0) is 17.6. The van der Waals surface area contributed by atoms with Gasteiger partial charge in [-0.3, -0.25) is 4.79 Å². The number of halogens is 1. The molecule has 126 valence electrons. The predicted octanol–water partition coefficient (Wildman–Crippen LogP) is 3.08. The molecule has 1 aromatic carbocycles. The van der Waals surface area contributed by atoms with Crippen molar-refractivity contribution in [1.82, 2.24) is 9.97 Å². The molecule has 0 saturated heterocycles. The van der Waals surface area contributed by atoms with Crippen LogP contribution in [0.25, 0.3) is 0 Å². The summed E-state index contributed by atoms with van der Waals surface area (Å²) in [5.74, 6) is -1.30. The van der Waals surface area contributed by atoms with Crippen LogP contribution in [0.4, 0.5) is 4.39 Å². The molecular formula is C17H11FN2O4S. The van der Waals surface area contributed by atoms with Gasteiger partial charge in [-0.1, -0.05) is 23.9 Å². The average Bonchev–Trinajstić information content (AvgIpc) is 2.63. The molecule has 2 heterocycles. The topological polar surface area (TPSA) is 82.3 Å². The maximum Gasteiger partial charge on any atom is 0.346 e. The van der Waals surface area contributed by atoms with Crippen LogP contribution in [-0.4, -0.2) is 15.9 Å². The summed E-state index contributed by atoms with van der Waals surface area (Å²) in [5.41, 5.74) is -0.803. The third-order valence-electron chi connectivity index (χ3n) is 3.03. The number of esters is 1. The minimum absolute atomic E-state index is 0.261. The lowest BCUT2D eigenvalue weighted by molar-refractivity contribution is 0.0724. The fourth-order valence-corrected chi connectivity index (χ4v) is 2.56. The Morgan fingerprint density at radius 2 is 1.96 bits per heavy atom. The van der Waals surface area contributed by atoms with Gasteiger partial charge in [-0.05, 0) is 18.2 Å². The van der Waals surface area contributed by atoms with E-state index in [1.54, 1.807) is 18.5 Å². The van der Waals surface area contributed by atoms with Gasteiger partial charge in [0.2, 0.25) is 11.2 Å². The summed E-state index contributed by atoms with van der Waals surface area (Å²) in [5, 5.41) is 0.542. The van der Waals surface area contributed by atoms with Crippen molar-refractivity contribution in [3.05, 3.63) is 82.4 Å². The van der Waals surface area contributed by atoms with Crippen molar-refractivity contribution in [2.75, 3.05) is 0 Å². The fraction of sp³-hybridized carbons (Fsp3) is 0.0588. The van der Waals surface area contributed by atoms with E-state index in [-0.39, 0.29) is 11.3 Å². The van der Waals surface area contributed by atoms with Crippen LogP contribution in [0.1, 0.15) is 16.1 Å². The minimum Gasteiger partial charge on any atom is -0.464 e. The van der Waals surface area contributed by atoms with Crippen molar-refractivity contribution < 1.29 is 18.3 Å². The summed E-state index contributed by atoms with van der Waals surface area (Å²) in [6.07, 6.45) is 4.25. The molecule has 3 aromatic rings. The van der Waals surface area contributed by atoms with Gasteiger partial charge in [-0.25, -0.2) is 19.2 Å². The first-order valence-corrected chi connectivity index (χ1v) is 8.10. The van der Waals surface area contributed by atoms with Crippen molar-refractivity contribution >= 4 is 17.7 Å². The second-order valence-electron chi connectivity index (χ2n) is 4.76. The number of carbonyl (C=O) groups excluding carboxylic acids is 1. The summed E-state index contributed by atoms with van der Waals surface area (Å²) < 4.78 is 23.7. The number of hydrogen-bond acceptors (Lipinski definition) is 7. The van der Waals surface area contributed by atoms with E-state index < -0.39 is 17.2 Å². The first-order valence-electron chi connectivity index (χ1n) is 7.12. The maximum atomic E-state index is 13.6. The number of aromatic nitrogens is 2. The van der Waals surface area contributed by atoms with Gasteiger partial charge in [-0.15, -0.1) is 0 Å². The molecule has 0 bridgehead atoms. The van der Waals surface area contributed by atoms with Crippen molar-refractivity contribution in [1.29, 1.82) is 0 Å². The molecule has 0 aliphatic rings. The van der Waals surface area contributed by atoms with Crippen molar-refractivity contribution in [2.45, 2.75) is 10.9 Å². The Kier molecular flexibility index (Phi) is 5.20. The van der Waals surface area contributed by atoms with E-state index in [9.17, 15) is 14.0 Å². The molecule has 0 fully saturated rings. The number of carbonyl (C=O) groups is 1. The molecular weight excluding hydrogens is 347 g/mol. The Hall–Kier alpha value is -3.00. The molecule has 0 radical (unpaired) electrons. The van der Waals surface area contributed by atoms with Crippen molar-refractivity contribution in [3.8, 4) is 5.75 Å². The smallest absolute Gasteiger partial charge is 0.346 e. The lowest BCUT2D eigenvalue weighted by Gasteiger charge is -2.05. The number of hydrogen-bond donors (Lipinski definition) is 0. The molecule has 0 saturated carbocycles. The Labute approximate surface area is 145 Å². The van der Waals surface area contributed by atoms with Crippen LogP contribution < -0.4 is 10.2 Å². The summed E-state index contributed by atoms with van der Waals surface area (Å²) >= 11 is 1.29. The van der Waals surface area contributed by atoms with Crippen LogP contribution in [0.2, 0.25) is 0 Å². The van der Waals surface area contributed by atoms with Crippen LogP contribution in [0, 0.1) is 5.82 Å². The largest absolute Gasteiger partial charge is 0.464 e.